The minimum atomic E-state index is -0.777. The molecular weight excluding hydrogens is 937 g/mol. The van der Waals surface area contributed by atoms with Gasteiger partial charge in [0.15, 0.2) is 0 Å². The molecule has 2 aliphatic carbocycles. The predicted octanol–water partition coefficient (Wildman–Crippen LogP) is 0.869. The Bertz CT molecular complexity index is 1740. The Morgan fingerprint density at radius 2 is 1.03 bits per heavy atom. The summed E-state index contributed by atoms with van der Waals surface area (Å²) in [6.07, 6.45) is 10.8. The van der Waals surface area contributed by atoms with Gasteiger partial charge in [-0.1, -0.05) is 26.2 Å². The molecule has 2 saturated carbocycles. The van der Waals surface area contributed by atoms with Crippen LogP contribution in [0, 0.1) is 11.3 Å². The Morgan fingerprint density at radius 3 is 1.57 bits per heavy atom. The highest BCUT2D eigenvalue weighted by atomic mass is 16.5. The Balaban J connectivity index is 1.47. The van der Waals surface area contributed by atoms with E-state index >= 15 is 0 Å². The number of primary amides is 2. The van der Waals surface area contributed by atoms with Crippen LogP contribution in [0.15, 0.2) is 0 Å². The first-order valence-corrected chi connectivity index (χ1v) is 26.0. The number of nitrogens with two attached hydrogens (primary N) is 2. The second kappa shape index (κ2) is 36.1. The van der Waals surface area contributed by atoms with E-state index in [2.05, 4.69) is 31.9 Å². The molecule has 22 heteroatoms. The molecule has 0 heterocycles. The second-order valence-electron chi connectivity index (χ2n) is 19.0. The first-order chi connectivity index (χ1) is 34.4. The van der Waals surface area contributed by atoms with Gasteiger partial charge < -0.3 is 57.0 Å². The molecule has 0 spiro atoms. The summed E-state index contributed by atoms with van der Waals surface area (Å²) in [7, 11) is 0. The molecule has 72 heavy (non-hydrogen) atoms. The van der Waals surface area contributed by atoms with Crippen LogP contribution in [0.25, 0.3) is 0 Å². The third-order valence-corrected chi connectivity index (χ3v) is 13.0. The molecule has 0 aromatic heterocycles. The van der Waals surface area contributed by atoms with Crippen LogP contribution in [-0.4, -0.2) is 155 Å². The number of hydrogen-bond acceptors (Lipinski definition) is 15. The number of Topliss-reactive ketones (excluding diaryl/α,β-unsaturated/α-hetero) is 3. The lowest BCUT2D eigenvalue weighted by Crippen LogP contribution is -2.50. The van der Waals surface area contributed by atoms with Crippen molar-refractivity contribution in [2.24, 2.45) is 22.8 Å². The van der Waals surface area contributed by atoms with Gasteiger partial charge >= 0.3 is 0 Å². The molecule has 22 nitrogen and oxygen atoms in total. The summed E-state index contributed by atoms with van der Waals surface area (Å²) in [5.41, 5.74) is 10.1. The molecule has 0 aliphatic heterocycles. The normalized spacial score (nSPS) is 15.3. The van der Waals surface area contributed by atoms with Crippen LogP contribution in [-0.2, 0) is 66.9 Å². The largest absolute Gasteiger partial charge is 0.377 e. The van der Waals surface area contributed by atoms with Crippen molar-refractivity contribution in [3.8, 4) is 0 Å². The Kier molecular flexibility index (Phi) is 31.7. The van der Waals surface area contributed by atoms with E-state index in [4.69, 9.17) is 30.4 Å². The van der Waals surface area contributed by atoms with Gasteiger partial charge in [-0.25, -0.2) is 0 Å². The number of rotatable bonds is 47. The van der Waals surface area contributed by atoms with Crippen LogP contribution in [0.3, 0.4) is 0 Å². The molecular formula is C50H86N8O14. The molecule has 410 valence electrons. The average Bonchev–Trinajstić information content (AvgIpc) is 4.28. The van der Waals surface area contributed by atoms with Gasteiger partial charge in [0.2, 0.25) is 41.4 Å². The molecule has 0 aromatic carbocycles. The Morgan fingerprint density at radius 1 is 0.500 bits per heavy atom. The molecule has 0 bridgehead atoms. The number of nitrogens with one attached hydrogen (secondary N) is 6. The van der Waals surface area contributed by atoms with Crippen molar-refractivity contribution >= 4 is 58.7 Å². The van der Waals surface area contributed by atoms with Gasteiger partial charge in [-0.15, -0.1) is 0 Å². The summed E-state index contributed by atoms with van der Waals surface area (Å²) < 4.78 is 21.5. The summed E-state index contributed by atoms with van der Waals surface area (Å²) in [6.45, 7) is 7.04. The quantitative estimate of drug-likeness (QED) is 0.0392. The van der Waals surface area contributed by atoms with Crippen molar-refractivity contribution in [1.29, 1.82) is 0 Å². The predicted molar refractivity (Wildman–Crippen MR) is 266 cm³/mol. The summed E-state index contributed by atoms with van der Waals surface area (Å²) in [5, 5.41) is 16.9. The van der Waals surface area contributed by atoms with Crippen LogP contribution >= 0.6 is 0 Å². The fourth-order valence-corrected chi connectivity index (χ4v) is 8.02. The van der Waals surface area contributed by atoms with Crippen molar-refractivity contribution in [3.63, 3.8) is 0 Å². The summed E-state index contributed by atoms with van der Waals surface area (Å²) in [6, 6.07) is -1.37. The first kappa shape index (κ1) is 63.2. The van der Waals surface area contributed by atoms with E-state index in [1.807, 2.05) is 6.92 Å². The first-order valence-electron chi connectivity index (χ1n) is 26.0. The van der Waals surface area contributed by atoms with Crippen LogP contribution in [0.1, 0.15) is 149 Å². The molecule has 3 atom stereocenters. The molecule has 0 aromatic rings. The molecule has 2 fully saturated rings. The monoisotopic (exact) mass is 1020 g/mol. The molecule has 0 saturated heterocycles. The van der Waals surface area contributed by atoms with Crippen molar-refractivity contribution in [2.45, 2.75) is 167 Å². The summed E-state index contributed by atoms with van der Waals surface area (Å²) >= 11 is 0. The zero-order chi connectivity index (χ0) is 53.2. The highest BCUT2D eigenvalue weighted by molar-refractivity contribution is 5.91. The maximum Gasteiger partial charge on any atom is 0.246 e. The van der Waals surface area contributed by atoms with Crippen molar-refractivity contribution in [1.82, 2.24) is 31.9 Å². The van der Waals surface area contributed by atoms with Crippen LogP contribution in [0.4, 0.5) is 0 Å². The molecule has 0 radical (unpaired) electrons. The Labute approximate surface area is 425 Å². The number of hydrogen-bond donors (Lipinski definition) is 8. The topological polar surface area (TPSA) is 332 Å². The van der Waals surface area contributed by atoms with Gasteiger partial charge in [0.05, 0.1) is 51.2 Å². The van der Waals surface area contributed by atoms with Crippen LogP contribution in [0.2, 0.25) is 0 Å². The highest BCUT2D eigenvalue weighted by Crippen LogP contribution is 2.52. The third kappa shape index (κ3) is 28.4. The lowest BCUT2D eigenvalue weighted by molar-refractivity contribution is -0.129. The number of amides is 7. The van der Waals surface area contributed by atoms with Gasteiger partial charge in [-0.3, -0.25) is 53.3 Å². The van der Waals surface area contributed by atoms with Crippen molar-refractivity contribution in [2.75, 3.05) is 79.0 Å². The minimum Gasteiger partial charge on any atom is -0.377 e. The molecule has 10 N–H and O–H groups in total. The van der Waals surface area contributed by atoms with Crippen LogP contribution in [0.5, 0.6) is 0 Å². The van der Waals surface area contributed by atoms with E-state index in [1.165, 1.54) is 6.92 Å². The number of unbranched alkanes of at least 4 members (excludes halogenated alkanes) is 4. The van der Waals surface area contributed by atoms with Gasteiger partial charge in [-0.05, 0) is 97.3 Å². The molecule has 2 rings (SSSR count). The molecule has 7 amide bonds. The van der Waals surface area contributed by atoms with E-state index in [0.29, 0.717) is 103 Å². The fraction of sp³-hybridized carbons (Fsp3) is 0.800. The number of carbonyl (C=O) groups excluding carboxylic acids is 10. The van der Waals surface area contributed by atoms with Gasteiger partial charge in [-0.2, -0.15) is 0 Å². The van der Waals surface area contributed by atoms with Gasteiger partial charge in [0.1, 0.15) is 36.6 Å². The van der Waals surface area contributed by atoms with E-state index in [0.717, 1.165) is 19.3 Å². The summed E-state index contributed by atoms with van der Waals surface area (Å²) in [5.74, 6) is -2.58. The smallest absolute Gasteiger partial charge is 0.246 e. The maximum absolute atomic E-state index is 13.2. The van der Waals surface area contributed by atoms with Crippen molar-refractivity contribution in [3.05, 3.63) is 0 Å². The van der Waals surface area contributed by atoms with E-state index in [1.54, 1.807) is 6.92 Å². The maximum atomic E-state index is 13.2. The van der Waals surface area contributed by atoms with Crippen molar-refractivity contribution < 1.29 is 66.9 Å². The number of ether oxygens (including phenoxy) is 4. The summed E-state index contributed by atoms with van der Waals surface area (Å²) in [4.78, 5) is 122. The second-order valence-corrected chi connectivity index (χ2v) is 19.0. The third-order valence-electron chi connectivity index (χ3n) is 13.0. The molecule has 2 aliphatic rings. The zero-order valence-corrected chi connectivity index (χ0v) is 43.2. The van der Waals surface area contributed by atoms with Gasteiger partial charge in [0, 0.05) is 63.2 Å². The molecule has 3 unspecified atom stereocenters. The van der Waals surface area contributed by atoms with E-state index < -0.39 is 40.8 Å². The standard InChI is InChI=1S/C50H86N8O14/c1-4-39(61)14-6-5-7-16-41(48(68)56-24-10-8-13-38(46(51)66)33-49(19-20-49)36(2)59)57-43(63)18-12-17-42(62)54-25-27-69-29-32-72-35-45(65)55-26-28-70-30-31-71-34-44(64)53-23-11-9-15-40(47(52)67)58-50(21-22-50)37(3)60/h38,40-41,58H,4-35H2,1-3H3,(H2,51,66)(H2,52,67)(H,53,64)(H,54,62)(H,55,65)(H,56,68)(H,57,63). The lowest BCUT2D eigenvalue weighted by atomic mass is 9.85. The number of ketones is 3. The lowest BCUT2D eigenvalue weighted by Gasteiger charge is -2.21. The number of carbonyl (C=O) groups is 10. The van der Waals surface area contributed by atoms with E-state index in [-0.39, 0.29) is 132 Å². The average molecular weight is 1020 g/mol. The van der Waals surface area contributed by atoms with Crippen LogP contribution < -0.4 is 43.4 Å². The fourth-order valence-electron chi connectivity index (χ4n) is 8.02. The van der Waals surface area contributed by atoms with E-state index in [9.17, 15) is 47.9 Å². The minimum absolute atomic E-state index is 0.00581. The SMILES string of the molecule is CCC(=O)CCCCCC(NC(=O)CCCC(=O)NCCOCCOCC(=O)NCCOCCOCC(=O)NCCCCC(NC1(C(C)=O)CC1)C(N)=O)C(=O)NCCCCC(CC1(C(C)=O)CC1)C(N)=O. The van der Waals surface area contributed by atoms with Gasteiger partial charge in [0.25, 0.3) is 0 Å². The Hall–Kier alpha value is -4.90. The zero-order valence-electron chi connectivity index (χ0n) is 43.2. The highest BCUT2D eigenvalue weighted by Gasteiger charge is 2.49.